The van der Waals surface area contributed by atoms with E-state index in [0.29, 0.717) is 25.1 Å². The van der Waals surface area contributed by atoms with E-state index in [2.05, 4.69) is 5.32 Å². The molecule has 4 rings (SSSR count). The third-order valence-corrected chi connectivity index (χ3v) is 5.55. The lowest BCUT2D eigenvalue weighted by molar-refractivity contribution is -0.121. The van der Waals surface area contributed by atoms with Crippen LogP contribution in [0.2, 0.25) is 0 Å². The molecule has 0 radical (unpaired) electrons. The lowest BCUT2D eigenvalue weighted by Crippen LogP contribution is -2.41. The third-order valence-electron chi connectivity index (χ3n) is 5.55. The molecule has 0 aliphatic carbocycles. The Kier molecular flexibility index (Phi) is 5.09. The number of fused-ring (bicyclic) bond motifs is 1. The minimum Gasteiger partial charge on any atom is -0.324 e. The van der Waals surface area contributed by atoms with Crippen molar-refractivity contribution >= 4 is 34.8 Å². The number of para-hydroxylation sites is 1. The van der Waals surface area contributed by atoms with Crippen LogP contribution in [-0.4, -0.2) is 30.3 Å². The monoisotopic (exact) mass is 391 g/mol. The highest BCUT2D eigenvalue weighted by molar-refractivity contribution is 6.07. The molecule has 150 valence electrons. The first kappa shape index (κ1) is 19.2. The Balaban J connectivity index is 1.51. The van der Waals surface area contributed by atoms with Gasteiger partial charge in [-0.3, -0.25) is 19.3 Å². The zero-order valence-corrected chi connectivity index (χ0v) is 16.7. The predicted molar refractivity (Wildman–Crippen MR) is 113 cm³/mol. The summed E-state index contributed by atoms with van der Waals surface area (Å²) in [7, 11) is 0. The van der Waals surface area contributed by atoms with Crippen LogP contribution < -0.4 is 15.1 Å². The van der Waals surface area contributed by atoms with Crippen LogP contribution in [-0.2, 0) is 20.8 Å². The molecule has 2 aromatic rings. The molecular formula is C23H25N3O3. The minimum atomic E-state index is -0.517. The average molecular weight is 391 g/mol. The number of amides is 3. The van der Waals surface area contributed by atoms with Crippen LogP contribution >= 0.6 is 0 Å². The molecule has 2 aliphatic rings. The second-order valence-corrected chi connectivity index (χ2v) is 7.88. The van der Waals surface area contributed by atoms with Gasteiger partial charge in [0, 0.05) is 35.9 Å². The van der Waals surface area contributed by atoms with Crippen LogP contribution in [0.1, 0.15) is 32.3 Å². The highest BCUT2D eigenvalue weighted by Crippen LogP contribution is 2.32. The van der Waals surface area contributed by atoms with Gasteiger partial charge in [0.2, 0.25) is 17.7 Å². The summed E-state index contributed by atoms with van der Waals surface area (Å²) in [4.78, 5) is 41.1. The van der Waals surface area contributed by atoms with Gasteiger partial charge in [0.05, 0.1) is 0 Å². The molecule has 2 aliphatic heterocycles. The average Bonchev–Trinajstić information content (AvgIpc) is 3.31. The first-order chi connectivity index (χ1) is 14.0. The highest BCUT2D eigenvalue weighted by atomic mass is 16.2. The van der Waals surface area contributed by atoms with Gasteiger partial charge >= 0.3 is 0 Å². The van der Waals surface area contributed by atoms with Gasteiger partial charge in [-0.05, 0) is 48.7 Å². The summed E-state index contributed by atoms with van der Waals surface area (Å²) in [5.41, 5.74) is 3.41. The van der Waals surface area contributed by atoms with Gasteiger partial charge in [-0.1, -0.05) is 32.0 Å². The second-order valence-electron chi connectivity index (χ2n) is 7.88. The number of anilines is 3. The zero-order valence-electron chi connectivity index (χ0n) is 16.7. The van der Waals surface area contributed by atoms with E-state index in [9.17, 15) is 14.4 Å². The van der Waals surface area contributed by atoms with Gasteiger partial charge in [-0.2, -0.15) is 0 Å². The fourth-order valence-electron chi connectivity index (χ4n) is 4.09. The van der Waals surface area contributed by atoms with Gasteiger partial charge in [-0.15, -0.1) is 0 Å². The van der Waals surface area contributed by atoms with Crippen molar-refractivity contribution in [3.8, 4) is 0 Å². The Labute approximate surface area is 170 Å². The van der Waals surface area contributed by atoms with Crippen molar-refractivity contribution in [2.24, 2.45) is 5.92 Å². The number of hydrogen-bond acceptors (Lipinski definition) is 3. The minimum absolute atomic E-state index is 0.0341. The standard InChI is InChI=1S/C23H25N3O3/c1-15(2)23(29)25-13-12-16-14-17(8-9-19(16)25)24-22(28)20-10-11-21(27)26(20)18-6-4-3-5-7-18/h3-9,14-15,20H,10-13H2,1-2H3,(H,24,28). The molecule has 1 saturated heterocycles. The van der Waals surface area contributed by atoms with E-state index in [-0.39, 0.29) is 23.6 Å². The number of nitrogens with one attached hydrogen (secondary N) is 1. The number of carbonyl (C=O) groups is 3. The summed E-state index contributed by atoms with van der Waals surface area (Å²) in [5.74, 6) is -0.159. The Morgan fingerprint density at radius 1 is 1.07 bits per heavy atom. The van der Waals surface area contributed by atoms with Crippen molar-refractivity contribution in [1.82, 2.24) is 0 Å². The van der Waals surface area contributed by atoms with E-state index in [4.69, 9.17) is 0 Å². The first-order valence-electron chi connectivity index (χ1n) is 10.1. The molecule has 6 nitrogen and oxygen atoms in total. The maximum absolute atomic E-state index is 12.9. The fraction of sp³-hybridized carbons (Fsp3) is 0.348. The topological polar surface area (TPSA) is 69.7 Å². The molecule has 29 heavy (non-hydrogen) atoms. The second kappa shape index (κ2) is 7.70. The van der Waals surface area contributed by atoms with E-state index in [1.54, 1.807) is 4.90 Å². The van der Waals surface area contributed by atoms with E-state index in [1.165, 1.54) is 0 Å². The molecule has 0 aromatic heterocycles. The normalized spacial score (nSPS) is 18.3. The van der Waals surface area contributed by atoms with Gasteiger partial charge in [0.1, 0.15) is 6.04 Å². The fourth-order valence-corrected chi connectivity index (χ4v) is 4.09. The van der Waals surface area contributed by atoms with Gasteiger partial charge in [-0.25, -0.2) is 0 Å². The maximum atomic E-state index is 12.9. The summed E-state index contributed by atoms with van der Waals surface area (Å²) in [6.45, 7) is 4.47. The lowest BCUT2D eigenvalue weighted by atomic mass is 10.1. The van der Waals surface area contributed by atoms with Crippen LogP contribution in [0.15, 0.2) is 48.5 Å². The smallest absolute Gasteiger partial charge is 0.247 e. The maximum Gasteiger partial charge on any atom is 0.247 e. The molecule has 1 unspecified atom stereocenters. The van der Waals surface area contributed by atoms with Crippen molar-refractivity contribution < 1.29 is 14.4 Å². The van der Waals surface area contributed by atoms with Crippen molar-refractivity contribution in [3.05, 3.63) is 54.1 Å². The van der Waals surface area contributed by atoms with E-state index in [0.717, 1.165) is 23.4 Å². The van der Waals surface area contributed by atoms with E-state index < -0.39 is 6.04 Å². The van der Waals surface area contributed by atoms with Crippen LogP contribution in [0, 0.1) is 5.92 Å². The summed E-state index contributed by atoms with van der Waals surface area (Å²) >= 11 is 0. The lowest BCUT2D eigenvalue weighted by Gasteiger charge is -2.24. The van der Waals surface area contributed by atoms with E-state index >= 15 is 0 Å². The van der Waals surface area contributed by atoms with Crippen molar-refractivity contribution in [2.45, 2.75) is 39.2 Å². The number of nitrogens with zero attached hydrogens (tertiary/aromatic N) is 2. The van der Waals surface area contributed by atoms with Crippen molar-refractivity contribution in [3.63, 3.8) is 0 Å². The Hall–Kier alpha value is -3.15. The molecule has 1 fully saturated rings. The molecule has 3 amide bonds. The summed E-state index contributed by atoms with van der Waals surface area (Å²) < 4.78 is 0. The number of hydrogen-bond donors (Lipinski definition) is 1. The summed E-state index contributed by atoms with van der Waals surface area (Å²) in [6.07, 6.45) is 1.64. The SMILES string of the molecule is CC(C)C(=O)N1CCc2cc(NC(=O)C3CCC(=O)N3c3ccccc3)ccc21. The van der Waals surface area contributed by atoms with Crippen LogP contribution in [0.4, 0.5) is 17.1 Å². The molecule has 1 atom stereocenters. The molecule has 0 saturated carbocycles. The van der Waals surface area contributed by atoms with Gasteiger partial charge < -0.3 is 10.2 Å². The van der Waals surface area contributed by atoms with Crippen LogP contribution in [0.25, 0.3) is 0 Å². The van der Waals surface area contributed by atoms with E-state index in [1.807, 2.05) is 67.3 Å². The highest BCUT2D eigenvalue weighted by Gasteiger charge is 2.37. The zero-order chi connectivity index (χ0) is 20.5. The molecule has 0 spiro atoms. The Morgan fingerprint density at radius 3 is 2.55 bits per heavy atom. The summed E-state index contributed by atoms with van der Waals surface area (Å²) in [6, 6.07) is 14.4. The molecule has 6 heteroatoms. The molecule has 1 N–H and O–H groups in total. The van der Waals surface area contributed by atoms with Gasteiger partial charge in [0.25, 0.3) is 0 Å². The van der Waals surface area contributed by atoms with Crippen molar-refractivity contribution in [1.29, 1.82) is 0 Å². The number of rotatable bonds is 4. The van der Waals surface area contributed by atoms with Gasteiger partial charge in [0.15, 0.2) is 0 Å². The largest absolute Gasteiger partial charge is 0.324 e. The van der Waals surface area contributed by atoms with Crippen LogP contribution in [0.3, 0.4) is 0 Å². The third kappa shape index (κ3) is 3.62. The molecule has 0 bridgehead atoms. The molecule has 2 heterocycles. The number of carbonyl (C=O) groups excluding carboxylic acids is 3. The van der Waals surface area contributed by atoms with Crippen molar-refractivity contribution in [2.75, 3.05) is 21.7 Å². The Morgan fingerprint density at radius 2 is 1.83 bits per heavy atom. The molecular weight excluding hydrogens is 366 g/mol. The number of benzene rings is 2. The van der Waals surface area contributed by atoms with Crippen LogP contribution in [0.5, 0.6) is 0 Å². The first-order valence-corrected chi connectivity index (χ1v) is 10.1. The molecule has 2 aromatic carbocycles. The Bertz CT molecular complexity index is 955. The quantitative estimate of drug-likeness (QED) is 0.869. The summed E-state index contributed by atoms with van der Waals surface area (Å²) in [5, 5.41) is 2.96. The predicted octanol–water partition coefficient (Wildman–Crippen LogP) is 3.37.